The van der Waals surface area contributed by atoms with Crippen LogP contribution in [0.4, 0.5) is 10.1 Å². The van der Waals surface area contributed by atoms with Crippen LogP contribution in [-0.2, 0) is 22.0 Å². The fourth-order valence-electron chi connectivity index (χ4n) is 1.51. The third-order valence-corrected chi connectivity index (χ3v) is 3.31. The average molecular weight is 282 g/mol. The Kier molecular flexibility index (Phi) is 4.06. The van der Waals surface area contributed by atoms with Crippen LogP contribution in [0.1, 0.15) is 5.69 Å². The molecule has 0 radical (unpaired) electrons. The second-order valence-electron chi connectivity index (χ2n) is 3.82. The van der Waals surface area contributed by atoms with Crippen molar-refractivity contribution in [3.8, 4) is 0 Å². The molecule has 1 amide bonds. The highest BCUT2D eigenvalue weighted by Crippen LogP contribution is 2.17. The molecule has 1 aromatic heterocycles. The van der Waals surface area contributed by atoms with Gasteiger partial charge in [-0.1, -0.05) is 5.16 Å². The van der Waals surface area contributed by atoms with E-state index in [1.165, 1.54) is 24.7 Å². The molecular formula is C12H11FN2O3S. The maximum absolute atomic E-state index is 13.6. The predicted octanol–water partition coefficient (Wildman–Crippen LogP) is 1.73. The molecule has 2 aromatic rings. The van der Waals surface area contributed by atoms with Gasteiger partial charge in [-0.05, 0) is 18.2 Å². The fourth-order valence-corrected chi connectivity index (χ4v) is 2.10. The number of amides is 1. The lowest BCUT2D eigenvalue weighted by atomic mass is 10.2. The molecule has 0 bridgehead atoms. The standard InChI is InChI=1S/C12H11FN2O3S/c1-19(17)11-3-2-8(6-10(11)13)14-12(16)7-9-4-5-18-15-9/h2-6H,7H2,1H3,(H,14,16)/t19-/m1/s1. The molecule has 7 heteroatoms. The molecule has 0 aliphatic heterocycles. The van der Waals surface area contributed by atoms with Crippen molar-refractivity contribution in [2.45, 2.75) is 11.3 Å². The van der Waals surface area contributed by atoms with Gasteiger partial charge in [0.05, 0.1) is 27.8 Å². The van der Waals surface area contributed by atoms with Gasteiger partial charge < -0.3 is 9.84 Å². The number of nitrogens with one attached hydrogen (secondary N) is 1. The van der Waals surface area contributed by atoms with Crippen molar-refractivity contribution in [2.75, 3.05) is 11.6 Å². The van der Waals surface area contributed by atoms with Crippen LogP contribution in [0.5, 0.6) is 0 Å². The van der Waals surface area contributed by atoms with E-state index < -0.39 is 16.6 Å². The van der Waals surface area contributed by atoms with Crippen LogP contribution in [0.15, 0.2) is 39.9 Å². The number of hydrogen-bond donors (Lipinski definition) is 1. The molecular weight excluding hydrogens is 271 g/mol. The molecule has 0 saturated carbocycles. The van der Waals surface area contributed by atoms with Crippen molar-refractivity contribution in [3.05, 3.63) is 42.0 Å². The summed E-state index contributed by atoms with van der Waals surface area (Å²) in [6, 6.07) is 5.60. The highest BCUT2D eigenvalue weighted by molar-refractivity contribution is 7.84. The van der Waals surface area contributed by atoms with E-state index in [1.807, 2.05) is 0 Å². The Morgan fingerprint density at radius 1 is 1.47 bits per heavy atom. The Morgan fingerprint density at radius 3 is 2.84 bits per heavy atom. The third kappa shape index (κ3) is 3.47. The summed E-state index contributed by atoms with van der Waals surface area (Å²) < 4.78 is 29.3. The highest BCUT2D eigenvalue weighted by Gasteiger charge is 2.10. The van der Waals surface area contributed by atoms with E-state index in [2.05, 4.69) is 15.0 Å². The SMILES string of the molecule is C[S@@](=O)c1ccc(NC(=O)Cc2ccon2)cc1F. The van der Waals surface area contributed by atoms with Crippen molar-refractivity contribution in [1.82, 2.24) is 5.16 Å². The summed E-state index contributed by atoms with van der Waals surface area (Å²) in [5.41, 5.74) is 0.796. The lowest BCUT2D eigenvalue weighted by molar-refractivity contribution is -0.115. The molecule has 0 fully saturated rings. The number of carbonyl (C=O) groups is 1. The van der Waals surface area contributed by atoms with Crippen LogP contribution >= 0.6 is 0 Å². The van der Waals surface area contributed by atoms with E-state index in [9.17, 15) is 13.4 Å². The number of anilines is 1. The van der Waals surface area contributed by atoms with Gasteiger partial charge in [-0.25, -0.2) is 4.39 Å². The fraction of sp³-hybridized carbons (Fsp3) is 0.167. The molecule has 2 rings (SSSR count). The number of halogens is 1. The molecule has 1 heterocycles. The van der Waals surface area contributed by atoms with Gasteiger partial charge in [0.15, 0.2) is 0 Å². The lowest BCUT2D eigenvalue weighted by Crippen LogP contribution is -2.14. The zero-order chi connectivity index (χ0) is 13.8. The molecule has 0 saturated heterocycles. The maximum atomic E-state index is 13.6. The Bertz CT molecular complexity index is 613. The van der Waals surface area contributed by atoms with Gasteiger partial charge in [0.2, 0.25) is 5.91 Å². The Morgan fingerprint density at radius 2 is 2.26 bits per heavy atom. The van der Waals surface area contributed by atoms with Crippen LogP contribution in [0.2, 0.25) is 0 Å². The van der Waals surface area contributed by atoms with Crippen LogP contribution in [-0.4, -0.2) is 21.5 Å². The van der Waals surface area contributed by atoms with Crippen molar-refractivity contribution >= 4 is 22.4 Å². The molecule has 0 aliphatic carbocycles. The normalized spacial score (nSPS) is 12.1. The first kappa shape index (κ1) is 13.4. The van der Waals surface area contributed by atoms with Gasteiger partial charge >= 0.3 is 0 Å². The Balaban J connectivity index is 2.05. The topological polar surface area (TPSA) is 72.2 Å². The predicted molar refractivity (Wildman–Crippen MR) is 67.6 cm³/mol. The van der Waals surface area contributed by atoms with E-state index in [0.29, 0.717) is 11.4 Å². The number of benzene rings is 1. The van der Waals surface area contributed by atoms with Crippen LogP contribution < -0.4 is 5.32 Å². The summed E-state index contributed by atoms with van der Waals surface area (Å²) in [7, 11) is -1.40. The lowest BCUT2D eigenvalue weighted by Gasteiger charge is -2.06. The highest BCUT2D eigenvalue weighted by atomic mass is 32.2. The van der Waals surface area contributed by atoms with Gasteiger partial charge in [-0.2, -0.15) is 0 Å². The van der Waals surface area contributed by atoms with E-state index in [1.54, 1.807) is 6.07 Å². The number of rotatable bonds is 4. The minimum absolute atomic E-state index is 0.0412. The van der Waals surface area contributed by atoms with Gasteiger partial charge in [0.1, 0.15) is 12.1 Å². The molecule has 5 nitrogen and oxygen atoms in total. The second-order valence-corrected chi connectivity index (χ2v) is 5.16. The van der Waals surface area contributed by atoms with E-state index >= 15 is 0 Å². The van der Waals surface area contributed by atoms with Crippen molar-refractivity contribution in [3.63, 3.8) is 0 Å². The summed E-state index contributed by atoms with van der Waals surface area (Å²) in [4.78, 5) is 11.7. The van der Waals surface area contributed by atoms with Crippen molar-refractivity contribution in [2.24, 2.45) is 0 Å². The average Bonchev–Trinajstić information content (AvgIpc) is 2.81. The molecule has 1 atom stereocenters. The molecule has 1 aromatic carbocycles. The third-order valence-electron chi connectivity index (χ3n) is 2.36. The molecule has 1 N–H and O–H groups in total. The molecule has 0 unspecified atom stereocenters. The van der Waals surface area contributed by atoms with E-state index in [-0.39, 0.29) is 17.2 Å². The Hall–Kier alpha value is -2.02. The summed E-state index contributed by atoms with van der Waals surface area (Å²) in [5, 5.41) is 6.13. The van der Waals surface area contributed by atoms with Gasteiger partial charge in [-0.3, -0.25) is 9.00 Å². The first-order valence-electron chi connectivity index (χ1n) is 5.38. The zero-order valence-corrected chi connectivity index (χ0v) is 10.9. The van der Waals surface area contributed by atoms with Crippen LogP contribution in [0, 0.1) is 5.82 Å². The van der Waals surface area contributed by atoms with Gasteiger partial charge in [0, 0.05) is 18.0 Å². The Labute approximate surface area is 111 Å². The summed E-state index contributed by atoms with van der Waals surface area (Å²) in [5.74, 6) is -0.946. The number of aromatic nitrogens is 1. The molecule has 0 spiro atoms. The summed E-state index contributed by atoms with van der Waals surface area (Å²) in [6.45, 7) is 0. The van der Waals surface area contributed by atoms with Crippen molar-refractivity contribution in [1.29, 1.82) is 0 Å². The monoisotopic (exact) mass is 282 g/mol. The summed E-state index contributed by atoms with van der Waals surface area (Å²) in [6.07, 6.45) is 2.80. The number of nitrogens with zero attached hydrogens (tertiary/aromatic N) is 1. The smallest absolute Gasteiger partial charge is 0.230 e. The number of hydrogen-bond acceptors (Lipinski definition) is 4. The largest absolute Gasteiger partial charge is 0.364 e. The quantitative estimate of drug-likeness (QED) is 0.927. The second kappa shape index (κ2) is 5.75. The summed E-state index contributed by atoms with van der Waals surface area (Å²) >= 11 is 0. The molecule has 0 aliphatic rings. The van der Waals surface area contributed by atoms with Gasteiger partial charge in [0.25, 0.3) is 0 Å². The molecule has 19 heavy (non-hydrogen) atoms. The van der Waals surface area contributed by atoms with Crippen molar-refractivity contribution < 1.29 is 17.9 Å². The van der Waals surface area contributed by atoms with E-state index in [4.69, 9.17) is 0 Å². The van der Waals surface area contributed by atoms with E-state index in [0.717, 1.165) is 6.07 Å². The number of carbonyl (C=O) groups excluding carboxylic acids is 1. The van der Waals surface area contributed by atoms with Crippen LogP contribution in [0.3, 0.4) is 0 Å². The van der Waals surface area contributed by atoms with Gasteiger partial charge in [-0.15, -0.1) is 0 Å². The minimum Gasteiger partial charge on any atom is -0.364 e. The first-order valence-corrected chi connectivity index (χ1v) is 6.94. The minimum atomic E-state index is -1.40. The molecule has 100 valence electrons. The van der Waals surface area contributed by atoms with Crippen LogP contribution in [0.25, 0.3) is 0 Å². The zero-order valence-electron chi connectivity index (χ0n) is 10.1. The maximum Gasteiger partial charge on any atom is 0.230 e. The first-order chi connectivity index (χ1) is 9.06.